The summed E-state index contributed by atoms with van der Waals surface area (Å²) < 4.78 is 29.8. The highest BCUT2D eigenvalue weighted by atomic mass is 19.3. The molecule has 1 aromatic heterocycles. The molecule has 5 nitrogen and oxygen atoms in total. The van der Waals surface area contributed by atoms with Crippen LogP contribution in [0.25, 0.3) is 0 Å². The predicted molar refractivity (Wildman–Crippen MR) is 57.2 cm³/mol. The number of nitrogen functional groups attached to an aromatic ring is 1. The minimum atomic E-state index is -2.74. The van der Waals surface area contributed by atoms with Crippen LogP contribution in [-0.2, 0) is 22.5 Å². The van der Waals surface area contributed by atoms with Gasteiger partial charge < -0.3 is 16.2 Å². The molecule has 0 radical (unpaired) electrons. The van der Waals surface area contributed by atoms with Gasteiger partial charge in [0.2, 0.25) is 0 Å². The molecule has 0 bridgehead atoms. The molecule has 0 fully saturated rings. The van der Waals surface area contributed by atoms with Gasteiger partial charge in [-0.2, -0.15) is 0 Å². The molecule has 94 valence electrons. The monoisotopic (exact) mass is 245 g/mol. The molecule has 0 atom stereocenters. The third kappa shape index (κ3) is 3.10. The second kappa shape index (κ2) is 5.53. The van der Waals surface area contributed by atoms with Crippen LogP contribution in [0.15, 0.2) is 6.07 Å². The quantitative estimate of drug-likeness (QED) is 0.765. The van der Waals surface area contributed by atoms with Gasteiger partial charge in [0, 0.05) is 12.1 Å². The first-order valence-corrected chi connectivity index (χ1v) is 4.82. The van der Waals surface area contributed by atoms with Gasteiger partial charge in [-0.15, -0.1) is 0 Å². The first-order valence-electron chi connectivity index (χ1n) is 4.82. The van der Waals surface area contributed by atoms with Crippen LogP contribution in [0.3, 0.4) is 0 Å². The number of anilines is 1. The van der Waals surface area contributed by atoms with E-state index in [1.165, 1.54) is 7.11 Å². The highest BCUT2D eigenvalue weighted by Gasteiger charge is 2.17. The number of rotatable bonds is 4. The molecule has 0 unspecified atom stereocenters. The van der Waals surface area contributed by atoms with E-state index in [-0.39, 0.29) is 35.6 Å². The first-order chi connectivity index (χ1) is 7.99. The Morgan fingerprint density at radius 1 is 1.59 bits per heavy atom. The van der Waals surface area contributed by atoms with Crippen molar-refractivity contribution in [1.82, 2.24) is 4.98 Å². The lowest BCUT2D eigenvalue weighted by Gasteiger charge is -2.11. The summed E-state index contributed by atoms with van der Waals surface area (Å²) in [5, 5.41) is 0. The summed E-state index contributed by atoms with van der Waals surface area (Å²) in [6, 6.07) is 1.09. The number of hydrogen-bond acceptors (Lipinski definition) is 5. The molecule has 1 heterocycles. The number of methoxy groups -OCH3 is 1. The SMILES string of the molecule is COC(=O)Cc1cc(C(F)F)c(N)c(CN)n1. The van der Waals surface area contributed by atoms with E-state index in [1.54, 1.807) is 0 Å². The molecule has 0 aliphatic rings. The van der Waals surface area contributed by atoms with Gasteiger partial charge in [0.1, 0.15) is 0 Å². The van der Waals surface area contributed by atoms with Crippen LogP contribution in [0.5, 0.6) is 0 Å². The Kier molecular flexibility index (Phi) is 4.33. The summed E-state index contributed by atoms with van der Waals surface area (Å²) in [6.07, 6.45) is -2.93. The second-order valence-electron chi connectivity index (χ2n) is 3.32. The maximum absolute atomic E-state index is 12.7. The molecule has 0 saturated heterocycles. The van der Waals surface area contributed by atoms with Crippen molar-refractivity contribution in [2.45, 2.75) is 19.4 Å². The van der Waals surface area contributed by atoms with Crippen molar-refractivity contribution in [3.63, 3.8) is 0 Å². The highest BCUT2D eigenvalue weighted by Crippen LogP contribution is 2.27. The van der Waals surface area contributed by atoms with Gasteiger partial charge in [-0.3, -0.25) is 9.78 Å². The zero-order valence-electron chi connectivity index (χ0n) is 9.24. The van der Waals surface area contributed by atoms with Gasteiger partial charge in [0.15, 0.2) is 0 Å². The summed E-state index contributed by atoms with van der Waals surface area (Å²) in [5.74, 6) is -0.564. The number of hydrogen-bond donors (Lipinski definition) is 2. The number of nitrogens with zero attached hydrogens (tertiary/aromatic N) is 1. The fourth-order valence-electron chi connectivity index (χ4n) is 1.34. The molecular formula is C10H13F2N3O2. The maximum Gasteiger partial charge on any atom is 0.311 e. The summed E-state index contributed by atoms with van der Waals surface area (Å²) in [5.41, 5.74) is 10.7. The Bertz CT molecular complexity index is 424. The van der Waals surface area contributed by atoms with Crippen LogP contribution in [0.2, 0.25) is 0 Å². The largest absolute Gasteiger partial charge is 0.469 e. The van der Waals surface area contributed by atoms with Crippen molar-refractivity contribution < 1.29 is 18.3 Å². The lowest BCUT2D eigenvalue weighted by Crippen LogP contribution is -2.13. The van der Waals surface area contributed by atoms with Gasteiger partial charge in [-0.1, -0.05) is 0 Å². The molecule has 0 aliphatic heterocycles. The summed E-state index contributed by atoms with van der Waals surface area (Å²) in [6.45, 7) is -0.0689. The number of aromatic nitrogens is 1. The second-order valence-corrected chi connectivity index (χ2v) is 3.32. The number of halogens is 2. The van der Waals surface area contributed by atoms with Gasteiger partial charge in [0.25, 0.3) is 6.43 Å². The molecule has 0 aromatic carbocycles. The van der Waals surface area contributed by atoms with Crippen molar-refractivity contribution in [2.75, 3.05) is 12.8 Å². The summed E-state index contributed by atoms with van der Waals surface area (Å²) in [4.78, 5) is 15.0. The fraction of sp³-hybridized carbons (Fsp3) is 0.400. The average Bonchev–Trinajstić information content (AvgIpc) is 2.30. The van der Waals surface area contributed by atoms with Crippen LogP contribution < -0.4 is 11.5 Å². The Hall–Kier alpha value is -1.76. The summed E-state index contributed by atoms with van der Waals surface area (Å²) >= 11 is 0. The minimum Gasteiger partial charge on any atom is -0.469 e. The van der Waals surface area contributed by atoms with Crippen LogP contribution in [0, 0.1) is 0 Å². The Morgan fingerprint density at radius 3 is 2.71 bits per heavy atom. The number of nitrogens with two attached hydrogens (primary N) is 2. The van der Waals surface area contributed by atoms with Crippen LogP contribution in [0.4, 0.5) is 14.5 Å². The topological polar surface area (TPSA) is 91.2 Å². The molecule has 7 heteroatoms. The highest BCUT2D eigenvalue weighted by molar-refractivity contribution is 5.72. The number of ether oxygens (including phenoxy) is 1. The van der Waals surface area contributed by atoms with E-state index in [4.69, 9.17) is 11.5 Å². The van der Waals surface area contributed by atoms with Crippen molar-refractivity contribution >= 4 is 11.7 Å². The third-order valence-electron chi connectivity index (χ3n) is 2.20. The molecule has 0 aliphatic carbocycles. The molecule has 0 amide bonds. The van der Waals surface area contributed by atoms with E-state index in [0.29, 0.717) is 0 Å². The summed E-state index contributed by atoms with van der Waals surface area (Å²) in [7, 11) is 1.21. The van der Waals surface area contributed by atoms with Crippen molar-refractivity contribution in [2.24, 2.45) is 5.73 Å². The average molecular weight is 245 g/mol. The minimum absolute atomic E-state index is 0.0689. The lowest BCUT2D eigenvalue weighted by atomic mass is 10.1. The Morgan fingerprint density at radius 2 is 2.24 bits per heavy atom. The number of carbonyl (C=O) groups is 1. The number of esters is 1. The van der Waals surface area contributed by atoms with Crippen LogP contribution >= 0.6 is 0 Å². The molecule has 0 saturated carbocycles. The first kappa shape index (κ1) is 13.3. The number of pyridine rings is 1. The van der Waals surface area contributed by atoms with Crippen molar-refractivity contribution in [3.8, 4) is 0 Å². The van der Waals surface area contributed by atoms with E-state index in [9.17, 15) is 13.6 Å². The van der Waals surface area contributed by atoms with E-state index in [2.05, 4.69) is 9.72 Å². The molecule has 1 rings (SSSR count). The van der Waals surface area contributed by atoms with Gasteiger partial charge in [-0.25, -0.2) is 8.78 Å². The standard InChI is InChI=1S/C10H13F2N3O2/c1-17-8(16)3-5-2-6(10(11)12)9(14)7(4-13)15-5/h2,10H,3-4,13-14H2,1H3. The normalized spacial score (nSPS) is 10.6. The van der Waals surface area contributed by atoms with E-state index < -0.39 is 12.4 Å². The van der Waals surface area contributed by atoms with Gasteiger partial charge in [0.05, 0.1) is 30.6 Å². The van der Waals surface area contributed by atoms with Crippen molar-refractivity contribution in [1.29, 1.82) is 0 Å². The van der Waals surface area contributed by atoms with E-state index >= 15 is 0 Å². The predicted octanol–water partition coefficient (Wildman–Crippen LogP) is 0.776. The Balaban J connectivity index is 3.15. The molecule has 0 spiro atoms. The van der Waals surface area contributed by atoms with Crippen molar-refractivity contribution in [3.05, 3.63) is 23.0 Å². The zero-order chi connectivity index (χ0) is 13.0. The maximum atomic E-state index is 12.7. The van der Waals surface area contributed by atoms with Gasteiger partial charge >= 0.3 is 5.97 Å². The molecular weight excluding hydrogens is 232 g/mol. The smallest absolute Gasteiger partial charge is 0.311 e. The van der Waals surface area contributed by atoms with E-state index in [0.717, 1.165) is 6.07 Å². The van der Waals surface area contributed by atoms with Crippen LogP contribution in [0.1, 0.15) is 23.4 Å². The number of carbonyl (C=O) groups excluding carboxylic acids is 1. The lowest BCUT2D eigenvalue weighted by molar-refractivity contribution is -0.139. The molecule has 1 aromatic rings. The zero-order valence-corrected chi connectivity index (χ0v) is 9.24. The number of alkyl halides is 2. The fourth-order valence-corrected chi connectivity index (χ4v) is 1.34. The molecule has 4 N–H and O–H groups in total. The van der Waals surface area contributed by atoms with E-state index in [1.807, 2.05) is 0 Å². The third-order valence-corrected chi connectivity index (χ3v) is 2.20. The Labute approximate surface area is 96.8 Å². The molecule has 17 heavy (non-hydrogen) atoms. The van der Waals surface area contributed by atoms with Gasteiger partial charge in [-0.05, 0) is 6.07 Å². The van der Waals surface area contributed by atoms with Crippen LogP contribution in [-0.4, -0.2) is 18.1 Å².